The average Bonchev–Trinajstić information content (AvgIpc) is 3.28. The number of fused-ring (bicyclic) bond motifs is 1. The smallest absolute Gasteiger partial charge is 0.241 e. The van der Waals surface area contributed by atoms with E-state index >= 15 is 0 Å². The van der Waals surface area contributed by atoms with Crippen molar-refractivity contribution in [3.63, 3.8) is 0 Å². The van der Waals surface area contributed by atoms with Crippen molar-refractivity contribution in [1.82, 2.24) is 14.3 Å². The summed E-state index contributed by atoms with van der Waals surface area (Å²) >= 11 is 0. The Morgan fingerprint density at radius 2 is 1.85 bits per heavy atom. The summed E-state index contributed by atoms with van der Waals surface area (Å²) in [5, 5.41) is 0. The molecular formula is C33H38N4O3S. The lowest BCUT2D eigenvalue weighted by Crippen LogP contribution is -2.33. The predicted molar refractivity (Wildman–Crippen MR) is 162 cm³/mol. The van der Waals surface area contributed by atoms with E-state index in [0.717, 1.165) is 52.3 Å². The molecule has 1 amide bonds. The van der Waals surface area contributed by atoms with Crippen molar-refractivity contribution in [1.29, 1.82) is 0 Å². The summed E-state index contributed by atoms with van der Waals surface area (Å²) in [5.74, 6) is 0.931. The van der Waals surface area contributed by atoms with Gasteiger partial charge in [-0.05, 0) is 85.5 Å². The van der Waals surface area contributed by atoms with Gasteiger partial charge in [-0.2, -0.15) is 0 Å². The van der Waals surface area contributed by atoms with Crippen molar-refractivity contribution >= 4 is 21.6 Å². The lowest BCUT2D eigenvalue weighted by molar-refractivity contribution is -0.119. The first-order chi connectivity index (χ1) is 19.6. The summed E-state index contributed by atoms with van der Waals surface area (Å²) in [6.45, 7) is 6.27. The molecule has 0 saturated heterocycles. The Kier molecular flexibility index (Phi) is 8.42. The van der Waals surface area contributed by atoms with Gasteiger partial charge in [0.05, 0.1) is 23.3 Å². The maximum atomic E-state index is 13.9. The lowest BCUT2D eigenvalue weighted by atomic mass is 9.87. The number of aryl methyl sites for hydroxylation is 3. The van der Waals surface area contributed by atoms with Crippen LogP contribution in [0.25, 0.3) is 0 Å². The summed E-state index contributed by atoms with van der Waals surface area (Å²) < 4.78 is 31.6. The van der Waals surface area contributed by atoms with Crippen LogP contribution in [0.2, 0.25) is 0 Å². The number of carbonyl (C=O) groups is 1. The molecule has 0 fully saturated rings. The van der Waals surface area contributed by atoms with Gasteiger partial charge in [-0.25, -0.2) is 18.1 Å². The molecule has 1 aromatic heterocycles. The number of hydrogen-bond acceptors (Lipinski definition) is 4. The number of nitrogens with one attached hydrogen (secondary N) is 1. The van der Waals surface area contributed by atoms with Crippen LogP contribution in [0.5, 0.6) is 0 Å². The van der Waals surface area contributed by atoms with Crippen LogP contribution in [0.3, 0.4) is 0 Å². The first kappa shape index (κ1) is 28.8. The zero-order valence-electron chi connectivity index (χ0n) is 24.2. The number of imidazole rings is 1. The molecule has 0 radical (unpaired) electrons. The van der Waals surface area contributed by atoms with E-state index in [4.69, 9.17) is 0 Å². The standard InChI is InChI=1S/C33H38N4O3S/c1-23-10-8-14-30(18-23)41(39,40)35-32-15-9-13-27-16-17-28(20-31(27)32)37(22-29-21-34-25(3)36(29)4)33(38)19-24(2)26-11-6-5-7-12-26/h5-8,10-12,14,16-18,20-21,24,32,35H,9,13,15,19,22H2,1-4H3/t24-,32+/m1/s1. The van der Waals surface area contributed by atoms with Gasteiger partial charge in [0.25, 0.3) is 0 Å². The van der Waals surface area contributed by atoms with E-state index in [1.165, 1.54) is 0 Å². The molecule has 2 atom stereocenters. The third-order valence-corrected chi connectivity index (χ3v) is 9.61. The summed E-state index contributed by atoms with van der Waals surface area (Å²) in [4.78, 5) is 20.4. The Labute approximate surface area is 243 Å². The summed E-state index contributed by atoms with van der Waals surface area (Å²) in [5.41, 5.74) is 5.74. The van der Waals surface area contributed by atoms with Gasteiger partial charge in [-0.1, -0.05) is 55.5 Å². The Morgan fingerprint density at radius 3 is 2.56 bits per heavy atom. The summed E-state index contributed by atoms with van der Waals surface area (Å²) in [7, 11) is -1.76. The van der Waals surface area contributed by atoms with Gasteiger partial charge < -0.3 is 9.47 Å². The van der Waals surface area contributed by atoms with Crippen LogP contribution in [0.1, 0.15) is 71.9 Å². The van der Waals surface area contributed by atoms with E-state index in [1.807, 2.05) is 79.0 Å². The highest BCUT2D eigenvalue weighted by atomic mass is 32.2. The third-order valence-electron chi connectivity index (χ3n) is 8.14. The Morgan fingerprint density at radius 1 is 1.07 bits per heavy atom. The Hall–Kier alpha value is -3.75. The van der Waals surface area contributed by atoms with Crippen LogP contribution in [0, 0.1) is 13.8 Å². The molecular weight excluding hydrogens is 532 g/mol. The van der Waals surface area contributed by atoms with Gasteiger partial charge in [-0.3, -0.25) is 4.79 Å². The fourth-order valence-corrected chi connectivity index (χ4v) is 6.92. The topological polar surface area (TPSA) is 84.3 Å². The molecule has 1 N–H and O–H groups in total. The predicted octanol–water partition coefficient (Wildman–Crippen LogP) is 6.12. The Balaban J connectivity index is 1.47. The number of benzene rings is 3. The quantitative estimate of drug-likeness (QED) is 0.263. The molecule has 1 heterocycles. The second kappa shape index (κ2) is 12.0. The van der Waals surface area contributed by atoms with Crippen LogP contribution >= 0.6 is 0 Å². The van der Waals surface area contributed by atoms with Crippen LogP contribution < -0.4 is 9.62 Å². The van der Waals surface area contributed by atoms with E-state index < -0.39 is 10.0 Å². The molecule has 214 valence electrons. The maximum absolute atomic E-state index is 13.9. The van der Waals surface area contributed by atoms with Gasteiger partial charge >= 0.3 is 0 Å². The van der Waals surface area contributed by atoms with Crippen molar-refractivity contribution in [2.75, 3.05) is 4.90 Å². The van der Waals surface area contributed by atoms with Crippen molar-refractivity contribution in [2.45, 2.75) is 69.9 Å². The molecule has 0 unspecified atom stereocenters. The zero-order chi connectivity index (χ0) is 29.1. The SMILES string of the molecule is Cc1cccc(S(=O)(=O)N[C@H]2CCCc3ccc(N(Cc4cnc(C)n4C)C(=O)C[C@@H](C)c4ccccc4)cc32)c1. The van der Waals surface area contributed by atoms with E-state index in [9.17, 15) is 13.2 Å². The number of nitrogens with zero attached hydrogens (tertiary/aromatic N) is 3. The maximum Gasteiger partial charge on any atom is 0.241 e. The number of amides is 1. The molecule has 8 heteroatoms. The molecule has 1 aliphatic carbocycles. The molecule has 3 aromatic carbocycles. The fraction of sp³-hybridized carbons (Fsp3) is 0.333. The van der Waals surface area contributed by atoms with Gasteiger partial charge in [0.15, 0.2) is 0 Å². The zero-order valence-corrected chi connectivity index (χ0v) is 25.0. The number of sulfonamides is 1. The molecule has 5 rings (SSSR count). The number of hydrogen-bond donors (Lipinski definition) is 1. The molecule has 41 heavy (non-hydrogen) atoms. The molecule has 4 aromatic rings. The molecule has 1 aliphatic rings. The first-order valence-electron chi connectivity index (χ1n) is 14.2. The normalized spacial score (nSPS) is 15.8. The van der Waals surface area contributed by atoms with Gasteiger partial charge in [-0.15, -0.1) is 0 Å². The van der Waals surface area contributed by atoms with E-state index in [1.54, 1.807) is 18.2 Å². The average molecular weight is 571 g/mol. The van der Waals surface area contributed by atoms with Gasteiger partial charge in [0.1, 0.15) is 5.82 Å². The van der Waals surface area contributed by atoms with Crippen molar-refractivity contribution in [3.8, 4) is 0 Å². The minimum absolute atomic E-state index is 0.00728. The highest BCUT2D eigenvalue weighted by Gasteiger charge is 2.28. The summed E-state index contributed by atoms with van der Waals surface area (Å²) in [6, 6.07) is 22.7. The second-order valence-electron chi connectivity index (χ2n) is 11.1. The van der Waals surface area contributed by atoms with Gasteiger partial charge in [0.2, 0.25) is 15.9 Å². The lowest BCUT2D eigenvalue weighted by Gasteiger charge is -2.30. The van der Waals surface area contributed by atoms with E-state index in [-0.39, 0.29) is 22.8 Å². The fourth-order valence-electron chi connectivity index (χ4n) is 5.57. The molecule has 0 aliphatic heterocycles. The monoisotopic (exact) mass is 570 g/mol. The van der Waals surface area contributed by atoms with Gasteiger partial charge in [0, 0.05) is 25.2 Å². The first-order valence-corrected chi connectivity index (χ1v) is 15.6. The largest absolute Gasteiger partial charge is 0.334 e. The minimum Gasteiger partial charge on any atom is -0.334 e. The number of anilines is 1. The number of rotatable bonds is 9. The van der Waals surface area contributed by atoms with Crippen LogP contribution in [-0.2, 0) is 34.8 Å². The van der Waals surface area contributed by atoms with Crippen LogP contribution in [-0.4, -0.2) is 23.9 Å². The van der Waals surface area contributed by atoms with Crippen molar-refractivity contribution in [3.05, 3.63) is 113 Å². The highest BCUT2D eigenvalue weighted by Crippen LogP contribution is 2.35. The highest BCUT2D eigenvalue weighted by molar-refractivity contribution is 7.89. The second-order valence-corrected chi connectivity index (χ2v) is 12.8. The van der Waals surface area contributed by atoms with Crippen molar-refractivity contribution < 1.29 is 13.2 Å². The molecule has 0 spiro atoms. The molecule has 7 nitrogen and oxygen atoms in total. The van der Waals surface area contributed by atoms with E-state index in [2.05, 4.69) is 28.8 Å². The van der Waals surface area contributed by atoms with E-state index in [0.29, 0.717) is 19.4 Å². The Bertz CT molecular complexity index is 1650. The molecule has 0 saturated carbocycles. The number of aromatic nitrogens is 2. The summed E-state index contributed by atoms with van der Waals surface area (Å²) in [6.07, 6.45) is 4.62. The molecule has 0 bridgehead atoms. The van der Waals surface area contributed by atoms with Crippen molar-refractivity contribution in [2.24, 2.45) is 7.05 Å². The number of carbonyl (C=O) groups excluding carboxylic acids is 1. The van der Waals surface area contributed by atoms with Crippen LogP contribution in [0.15, 0.2) is 83.9 Å². The third kappa shape index (κ3) is 6.44. The van der Waals surface area contributed by atoms with Crippen LogP contribution in [0.4, 0.5) is 5.69 Å². The minimum atomic E-state index is -3.71.